The summed E-state index contributed by atoms with van der Waals surface area (Å²) in [4.78, 5) is 5.71. The van der Waals surface area contributed by atoms with Crippen LogP contribution in [0, 0.1) is 5.82 Å². The standard InChI is InChI=1S/C64H57BFN3S2/c1-62(2,3)41-25-30-47(31-26-41)68-53-38-48(67(45-21-15-11-16-22-45)46-23-17-12-18-24-46)39-54-57(53)65(60-58(68)49-32-29-44(66)37-56(49)71-60)61-59(51-36-43(64(7,8)9)28-34-55(51)70-61)69(54)52-33-27-42(63(4,5)6)35-50(52)40-19-13-10-14-20-40/h10-39H,1-9H3/i11D,12D,15D,16D,17D,18D,21D,22D,23D,24D. The van der Waals surface area contributed by atoms with Crippen molar-refractivity contribution in [2.24, 2.45) is 0 Å². The number of halogens is 1. The molecule has 7 heteroatoms. The number of benzene rings is 8. The second kappa shape index (κ2) is 16.6. The molecule has 2 aliphatic heterocycles. The molecule has 0 amide bonds. The third-order valence-electron chi connectivity index (χ3n) is 13.9. The topological polar surface area (TPSA) is 9.72 Å². The molecular weight excluding hydrogens is 905 g/mol. The van der Waals surface area contributed by atoms with Gasteiger partial charge in [0.2, 0.25) is 0 Å². The van der Waals surface area contributed by atoms with Gasteiger partial charge in [0, 0.05) is 63.7 Å². The Kier molecular flexibility index (Phi) is 8.22. The quantitative estimate of drug-likeness (QED) is 0.154. The molecule has 4 heterocycles. The van der Waals surface area contributed by atoms with Crippen LogP contribution >= 0.6 is 22.7 Å². The zero-order valence-electron chi connectivity index (χ0n) is 51.2. The number of thiophene rings is 2. The molecule has 0 saturated heterocycles. The van der Waals surface area contributed by atoms with Gasteiger partial charge in [-0.15, -0.1) is 22.7 Å². The van der Waals surface area contributed by atoms with E-state index in [9.17, 15) is 5.48 Å². The third kappa shape index (κ3) is 7.59. The Balaban J connectivity index is 1.32. The number of rotatable bonds is 6. The summed E-state index contributed by atoms with van der Waals surface area (Å²) in [5.41, 5.74) is 9.19. The SMILES string of the molecule is [2H]c1c([2H])c([2H])c(N(c2cc3c4c(c2)N(c2ccc(C(C)(C)C)cc2-c2ccccc2)c2c(sc5ccc(C(C)(C)C)cc25)B4c2sc4cc(F)ccc4c2N3c2ccc(C(C)(C)C)cc2)c2c([2H])c([2H])c([2H])c([2H])c2[2H])c([2H])c1[2H]. The van der Waals surface area contributed by atoms with Crippen molar-refractivity contribution in [2.75, 3.05) is 14.7 Å². The molecule has 3 nitrogen and oxygen atoms in total. The zero-order valence-corrected chi connectivity index (χ0v) is 42.8. The van der Waals surface area contributed by atoms with Gasteiger partial charge in [0.25, 0.3) is 6.71 Å². The van der Waals surface area contributed by atoms with E-state index in [1.54, 1.807) is 28.7 Å². The van der Waals surface area contributed by atoms with Crippen LogP contribution in [0.25, 0.3) is 31.3 Å². The average Bonchev–Trinajstić information content (AvgIpc) is 2.54. The number of para-hydroxylation sites is 2. The first-order valence-electron chi connectivity index (χ1n) is 29.0. The van der Waals surface area contributed by atoms with Crippen LogP contribution in [-0.2, 0) is 16.2 Å². The number of hydrogen-bond donors (Lipinski definition) is 0. The second-order valence-corrected chi connectivity index (χ2v) is 23.8. The minimum atomic E-state index is -0.665. The van der Waals surface area contributed by atoms with Crippen LogP contribution in [0.5, 0.6) is 0 Å². The Morgan fingerprint density at radius 1 is 0.493 bits per heavy atom. The molecule has 0 bridgehead atoms. The smallest absolute Gasteiger partial charge is 0.277 e. The predicted molar refractivity (Wildman–Crippen MR) is 307 cm³/mol. The monoisotopic (exact) mass is 971 g/mol. The Morgan fingerprint density at radius 3 is 1.66 bits per heavy atom. The normalized spacial score (nSPS) is 15.4. The summed E-state index contributed by atoms with van der Waals surface area (Å²) >= 11 is 3.25. The van der Waals surface area contributed by atoms with E-state index in [1.807, 2.05) is 36.4 Å². The zero-order chi connectivity index (χ0) is 57.8. The summed E-state index contributed by atoms with van der Waals surface area (Å²) in [6, 6.07) is 33.9. The van der Waals surface area contributed by atoms with Gasteiger partial charge in [0.05, 0.1) is 36.5 Å². The molecule has 0 atom stereocenters. The van der Waals surface area contributed by atoms with Crippen LogP contribution in [0.4, 0.5) is 55.6 Å². The first-order valence-corrected chi connectivity index (χ1v) is 25.6. The van der Waals surface area contributed by atoms with Gasteiger partial charge >= 0.3 is 0 Å². The van der Waals surface area contributed by atoms with Crippen LogP contribution in [0.3, 0.4) is 0 Å². The molecule has 8 aromatic carbocycles. The lowest BCUT2D eigenvalue weighted by Gasteiger charge is -2.43. The van der Waals surface area contributed by atoms with Crippen molar-refractivity contribution in [3.8, 4) is 11.1 Å². The van der Waals surface area contributed by atoms with Gasteiger partial charge in [-0.3, -0.25) is 0 Å². The molecule has 350 valence electrons. The van der Waals surface area contributed by atoms with Crippen molar-refractivity contribution >= 4 is 116 Å². The van der Waals surface area contributed by atoms with Gasteiger partial charge < -0.3 is 14.7 Å². The highest BCUT2D eigenvalue weighted by molar-refractivity contribution is 7.40. The van der Waals surface area contributed by atoms with Gasteiger partial charge in [-0.25, -0.2) is 4.39 Å². The average molecular weight is 972 g/mol. The highest BCUT2D eigenvalue weighted by atomic mass is 32.1. The Hall–Kier alpha value is -6.93. The van der Waals surface area contributed by atoms with E-state index in [2.05, 4.69) is 145 Å². The summed E-state index contributed by atoms with van der Waals surface area (Å²) in [6.07, 6.45) is 0. The maximum absolute atomic E-state index is 15.7. The van der Waals surface area contributed by atoms with Crippen molar-refractivity contribution < 1.29 is 18.1 Å². The maximum Gasteiger partial charge on any atom is 0.277 e. The van der Waals surface area contributed by atoms with Gasteiger partial charge in [-0.2, -0.15) is 0 Å². The lowest BCUT2D eigenvalue weighted by Crippen LogP contribution is -2.59. The third-order valence-corrected chi connectivity index (χ3v) is 16.4. The summed E-state index contributed by atoms with van der Waals surface area (Å²) < 4.78 is 112. The maximum atomic E-state index is 15.7. The molecule has 0 fully saturated rings. The fourth-order valence-corrected chi connectivity index (χ4v) is 13.0. The Bertz CT molecular complexity index is 4170. The minimum absolute atomic E-state index is 0.154. The van der Waals surface area contributed by atoms with Crippen LogP contribution in [0.2, 0.25) is 0 Å². The lowest BCUT2D eigenvalue weighted by atomic mass is 9.39. The van der Waals surface area contributed by atoms with Gasteiger partial charge in [-0.05, 0) is 135 Å². The summed E-state index contributed by atoms with van der Waals surface area (Å²) in [5.74, 6) is -0.380. The number of anilines is 9. The first kappa shape index (κ1) is 35.2. The molecule has 0 spiro atoms. The van der Waals surface area contributed by atoms with Crippen molar-refractivity contribution in [3.63, 3.8) is 0 Å². The highest BCUT2D eigenvalue weighted by Gasteiger charge is 2.48. The predicted octanol–water partition coefficient (Wildman–Crippen LogP) is 17.4. The van der Waals surface area contributed by atoms with Gasteiger partial charge in [-0.1, -0.05) is 153 Å². The second-order valence-electron chi connectivity index (χ2n) is 21.7. The van der Waals surface area contributed by atoms with Crippen molar-refractivity contribution in [2.45, 2.75) is 78.6 Å². The molecule has 0 radical (unpaired) electrons. The Morgan fingerprint density at radius 2 is 1.04 bits per heavy atom. The highest BCUT2D eigenvalue weighted by Crippen LogP contribution is 2.54. The molecular formula is C64H57BFN3S2. The van der Waals surface area contributed by atoms with Crippen molar-refractivity contribution in [3.05, 3.63) is 204 Å². The molecule has 2 aromatic heterocycles. The number of nitrogens with zero attached hydrogens (tertiary/aromatic N) is 3. The van der Waals surface area contributed by atoms with Crippen LogP contribution in [0.1, 0.15) is 92.7 Å². The molecule has 2 aliphatic rings. The lowest BCUT2D eigenvalue weighted by molar-refractivity contribution is 0.590. The van der Waals surface area contributed by atoms with Crippen LogP contribution < -0.4 is 29.7 Å². The molecule has 0 unspecified atom stereocenters. The van der Waals surface area contributed by atoms with Crippen LogP contribution in [-0.4, -0.2) is 6.71 Å². The molecule has 71 heavy (non-hydrogen) atoms. The fraction of sp³-hybridized carbons (Fsp3) is 0.188. The number of fused-ring (bicyclic) bond motifs is 8. The van der Waals surface area contributed by atoms with Gasteiger partial charge in [0.15, 0.2) is 0 Å². The minimum Gasteiger partial charge on any atom is -0.310 e. The van der Waals surface area contributed by atoms with Crippen molar-refractivity contribution in [1.82, 2.24) is 0 Å². The Labute approximate surface area is 440 Å². The van der Waals surface area contributed by atoms with Gasteiger partial charge in [0.1, 0.15) is 5.82 Å². The molecule has 12 rings (SSSR count). The van der Waals surface area contributed by atoms with Crippen molar-refractivity contribution in [1.29, 1.82) is 0 Å². The van der Waals surface area contributed by atoms with E-state index in [0.29, 0.717) is 11.4 Å². The van der Waals surface area contributed by atoms with E-state index in [-0.39, 0.29) is 27.7 Å². The molecule has 10 aromatic rings. The molecule has 0 N–H and O–H groups in total. The molecule has 0 saturated carbocycles. The van der Waals surface area contributed by atoms with E-state index in [1.165, 1.54) is 11.0 Å². The number of hydrogen-bond acceptors (Lipinski definition) is 5. The first-order chi connectivity index (χ1) is 38.2. The van der Waals surface area contributed by atoms with E-state index in [4.69, 9.17) is 8.22 Å². The summed E-state index contributed by atoms with van der Waals surface area (Å²) in [5, 5.41) is 1.78. The summed E-state index contributed by atoms with van der Waals surface area (Å²) in [6.45, 7) is 19.1. The fourth-order valence-electron chi connectivity index (χ4n) is 10.3. The largest absolute Gasteiger partial charge is 0.310 e. The van der Waals surface area contributed by atoms with E-state index < -0.39 is 78.5 Å². The molecule has 0 aliphatic carbocycles. The van der Waals surface area contributed by atoms with E-state index in [0.717, 1.165) is 85.8 Å². The summed E-state index contributed by atoms with van der Waals surface area (Å²) in [7, 11) is 0. The van der Waals surface area contributed by atoms with E-state index >= 15 is 4.39 Å². The van der Waals surface area contributed by atoms with Crippen LogP contribution in [0.15, 0.2) is 182 Å².